The van der Waals surface area contributed by atoms with Crippen molar-refractivity contribution in [2.75, 3.05) is 5.32 Å². The first-order chi connectivity index (χ1) is 15.1. The van der Waals surface area contributed by atoms with E-state index in [-0.39, 0.29) is 11.7 Å². The van der Waals surface area contributed by atoms with Gasteiger partial charge in [0.2, 0.25) is 0 Å². The minimum Gasteiger partial charge on any atom is -0.319 e. The Hall–Kier alpha value is -3.70. The fourth-order valence-corrected chi connectivity index (χ4v) is 3.38. The molecule has 3 aromatic carbocycles. The number of anilines is 1. The van der Waals surface area contributed by atoms with Crippen molar-refractivity contribution in [3.05, 3.63) is 119 Å². The monoisotopic (exact) mass is 431 g/mol. The van der Waals surface area contributed by atoms with Crippen LogP contribution in [-0.2, 0) is 11.3 Å². The minimum absolute atomic E-state index is 0.241. The van der Waals surface area contributed by atoms with E-state index in [4.69, 9.17) is 11.6 Å². The molecule has 0 aliphatic rings. The summed E-state index contributed by atoms with van der Waals surface area (Å²) in [6.45, 7) is 0.361. The van der Waals surface area contributed by atoms with Gasteiger partial charge in [0.15, 0.2) is 0 Å². The lowest BCUT2D eigenvalue weighted by Crippen LogP contribution is -2.13. The molecule has 1 N–H and O–H groups in total. The average molecular weight is 432 g/mol. The number of nitrogens with one attached hydrogen (secondary N) is 1. The maximum atomic E-state index is 13.2. The second-order valence-corrected chi connectivity index (χ2v) is 7.36. The van der Waals surface area contributed by atoms with Crippen LogP contribution in [0.2, 0.25) is 5.02 Å². The first-order valence-electron chi connectivity index (χ1n) is 9.68. The second-order valence-electron chi connectivity index (χ2n) is 6.95. The molecule has 1 heterocycles. The SMILES string of the molecule is O=C(Nc1cnn(Cc2ccc(F)cc2Cl)c1)/C(=C\c1ccccc1)c1ccccc1. The van der Waals surface area contributed by atoms with Crippen molar-refractivity contribution < 1.29 is 9.18 Å². The van der Waals surface area contributed by atoms with E-state index in [1.807, 2.05) is 66.7 Å². The fraction of sp³-hybridized carbons (Fsp3) is 0.0400. The van der Waals surface area contributed by atoms with Crippen LogP contribution in [-0.4, -0.2) is 15.7 Å². The predicted octanol–water partition coefficient (Wildman–Crippen LogP) is 5.90. The number of rotatable bonds is 6. The molecule has 0 aliphatic heterocycles. The standard InChI is InChI=1S/C25H19ClFN3O/c26-24-14-21(27)12-11-20(24)16-30-17-22(15-28-30)29-25(31)23(19-9-5-2-6-10-19)13-18-7-3-1-4-8-18/h1-15,17H,16H2,(H,29,31)/b23-13-. The lowest BCUT2D eigenvalue weighted by Gasteiger charge is -2.09. The van der Waals surface area contributed by atoms with E-state index in [1.54, 1.807) is 23.1 Å². The Morgan fingerprint density at radius 3 is 2.45 bits per heavy atom. The highest BCUT2D eigenvalue weighted by Gasteiger charge is 2.14. The van der Waals surface area contributed by atoms with Gasteiger partial charge in [-0.1, -0.05) is 78.3 Å². The molecule has 31 heavy (non-hydrogen) atoms. The highest BCUT2D eigenvalue weighted by atomic mass is 35.5. The largest absolute Gasteiger partial charge is 0.319 e. The molecule has 0 fully saturated rings. The number of hydrogen-bond acceptors (Lipinski definition) is 2. The molecule has 4 rings (SSSR count). The third kappa shape index (κ3) is 5.27. The second kappa shape index (κ2) is 9.41. The molecule has 0 radical (unpaired) electrons. The number of hydrogen-bond donors (Lipinski definition) is 1. The van der Waals surface area contributed by atoms with Gasteiger partial charge < -0.3 is 5.32 Å². The Kier molecular flexibility index (Phi) is 6.24. The van der Waals surface area contributed by atoms with Crippen LogP contribution < -0.4 is 5.32 Å². The topological polar surface area (TPSA) is 46.9 Å². The molecule has 0 unspecified atom stereocenters. The summed E-state index contributed by atoms with van der Waals surface area (Å²) in [7, 11) is 0. The Morgan fingerprint density at radius 1 is 1.03 bits per heavy atom. The lowest BCUT2D eigenvalue weighted by molar-refractivity contribution is -0.111. The van der Waals surface area contributed by atoms with E-state index in [9.17, 15) is 9.18 Å². The van der Waals surface area contributed by atoms with Gasteiger partial charge in [0, 0.05) is 16.8 Å². The van der Waals surface area contributed by atoms with E-state index < -0.39 is 0 Å². The molecule has 0 saturated carbocycles. The Bertz CT molecular complexity index is 1220. The van der Waals surface area contributed by atoms with E-state index >= 15 is 0 Å². The van der Waals surface area contributed by atoms with Crippen LogP contribution in [0.5, 0.6) is 0 Å². The highest BCUT2D eigenvalue weighted by Crippen LogP contribution is 2.22. The molecule has 0 spiro atoms. The van der Waals surface area contributed by atoms with Gasteiger partial charge in [-0.3, -0.25) is 9.48 Å². The number of halogens is 2. The number of nitrogens with zero attached hydrogens (tertiary/aromatic N) is 2. The summed E-state index contributed by atoms with van der Waals surface area (Å²) in [5.41, 5.74) is 3.57. The third-order valence-electron chi connectivity index (χ3n) is 4.68. The molecule has 154 valence electrons. The quantitative estimate of drug-likeness (QED) is 0.305. The molecule has 4 nitrogen and oxygen atoms in total. The molecule has 0 saturated heterocycles. The van der Waals surface area contributed by atoms with Gasteiger partial charge in [0.25, 0.3) is 5.91 Å². The summed E-state index contributed by atoms with van der Waals surface area (Å²) >= 11 is 6.10. The third-order valence-corrected chi connectivity index (χ3v) is 5.03. The first kappa shape index (κ1) is 20.6. The van der Waals surface area contributed by atoms with Gasteiger partial charge in [-0.05, 0) is 34.9 Å². The number of amides is 1. The van der Waals surface area contributed by atoms with Crippen molar-refractivity contribution in [2.45, 2.75) is 6.54 Å². The van der Waals surface area contributed by atoms with Gasteiger partial charge in [-0.2, -0.15) is 5.10 Å². The Labute approximate surface area is 184 Å². The van der Waals surface area contributed by atoms with Crippen LogP contribution in [0.25, 0.3) is 11.6 Å². The molecule has 1 aromatic heterocycles. The van der Waals surface area contributed by atoms with Gasteiger partial charge in [-0.15, -0.1) is 0 Å². The summed E-state index contributed by atoms with van der Waals surface area (Å²) < 4.78 is 14.9. The van der Waals surface area contributed by atoms with E-state index in [0.29, 0.717) is 22.8 Å². The molecule has 6 heteroatoms. The molecule has 0 bridgehead atoms. The summed E-state index contributed by atoms with van der Waals surface area (Å²) in [6.07, 6.45) is 5.14. The summed E-state index contributed by atoms with van der Waals surface area (Å²) in [5.74, 6) is -0.629. The predicted molar refractivity (Wildman–Crippen MR) is 122 cm³/mol. The van der Waals surface area contributed by atoms with Gasteiger partial charge in [-0.25, -0.2) is 4.39 Å². The zero-order chi connectivity index (χ0) is 21.6. The number of benzene rings is 3. The van der Waals surface area contributed by atoms with Crippen molar-refractivity contribution in [1.29, 1.82) is 0 Å². The van der Waals surface area contributed by atoms with Gasteiger partial charge >= 0.3 is 0 Å². The maximum absolute atomic E-state index is 13.2. The number of carbonyl (C=O) groups excluding carboxylic acids is 1. The van der Waals surface area contributed by atoms with Crippen LogP contribution in [0.3, 0.4) is 0 Å². The van der Waals surface area contributed by atoms with Crippen molar-refractivity contribution in [3.63, 3.8) is 0 Å². The summed E-state index contributed by atoms with van der Waals surface area (Å²) in [5, 5.41) is 7.51. The van der Waals surface area contributed by atoms with E-state index in [0.717, 1.165) is 16.7 Å². The number of aromatic nitrogens is 2. The van der Waals surface area contributed by atoms with Crippen LogP contribution in [0, 0.1) is 5.82 Å². The zero-order valence-corrected chi connectivity index (χ0v) is 17.3. The molecular weight excluding hydrogens is 413 g/mol. The molecule has 4 aromatic rings. The van der Waals surface area contributed by atoms with Crippen molar-refractivity contribution in [1.82, 2.24) is 9.78 Å². The highest BCUT2D eigenvalue weighted by molar-refractivity contribution is 6.31. The molecule has 0 aliphatic carbocycles. The Balaban J connectivity index is 1.55. The molecule has 0 atom stereocenters. The van der Waals surface area contributed by atoms with Crippen molar-refractivity contribution in [2.24, 2.45) is 0 Å². The minimum atomic E-state index is -0.388. The lowest BCUT2D eigenvalue weighted by atomic mass is 10.0. The van der Waals surface area contributed by atoms with Gasteiger partial charge in [0.1, 0.15) is 5.82 Å². The summed E-state index contributed by atoms with van der Waals surface area (Å²) in [6, 6.07) is 23.4. The van der Waals surface area contributed by atoms with Crippen molar-refractivity contribution in [3.8, 4) is 0 Å². The number of carbonyl (C=O) groups is 1. The van der Waals surface area contributed by atoms with Crippen molar-refractivity contribution >= 4 is 34.8 Å². The molecule has 1 amide bonds. The zero-order valence-electron chi connectivity index (χ0n) is 16.5. The first-order valence-corrected chi connectivity index (χ1v) is 10.1. The van der Waals surface area contributed by atoms with Crippen LogP contribution in [0.1, 0.15) is 16.7 Å². The van der Waals surface area contributed by atoms with Gasteiger partial charge in [0.05, 0.1) is 18.4 Å². The van der Waals surface area contributed by atoms with E-state index in [2.05, 4.69) is 10.4 Å². The molecular formula is C25H19ClFN3O. The maximum Gasteiger partial charge on any atom is 0.256 e. The fourth-order valence-electron chi connectivity index (χ4n) is 3.15. The average Bonchev–Trinajstić information content (AvgIpc) is 3.22. The Morgan fingerprint density at radius 2 is 1.74 bits per heavy atom. The normalized spacial score (nSPS) is 11.4. The van der Waals surface area contributed by atoms with Crippen LogP contribution >= 0.6 is 11.6 Å². The van der Waals surface area contributed by atoms with Crippen LogP contribution in [0.4, 0.5) is 10.1 Å². The van der Waals surface area contributed by atoms with Crippen LogP contribution in [0.15, 0.2) is 91.3 Å². The smallest absolute Gasteiger partial charge is 0.256 e. The summed E-state index contributed by atoms with van der Waals surface area (Å²) in [4.78, 5) is 13.1. The van der Waals surface area contributed by atoms with E-state index in [1.165, 1.54) is 12.1 Å².